The highest BCUT2D eigenvalue weighted by Gasteiger charge is 2.30. The van der Waals surface area contributed by atoms with Gasteiger partial charge in [0.15, 0.2) is 0 Å². The maximum Gasteiger partial charge on any atom is 0.416 e. The molecule has 0 bridgehead atoms. The molecule has 0 saturated heterocycles. The minimum atomic E-state index is -4.53. The Labute approximate surface area is 150 Å². The lowest BCUT2D eigenvalue weighted by Gasteiger charge is -2.12. The van der Waals surface area contributed by atoms with Gasteiger partial charge in [0.25, 0.3) is 5.91 Å². The number of amides is 1. The smallest absolute Gasteiger partial charge is 0.348 e. The first-order valence-corrected chi connectivity index (χ1v) is 7.83. The Hall–Kier alpha value is -2.80. The standard InChI is InChI=1S/C18H12ClF3N2O2/c1-24-9-13(16(25)12-6-3-7-14(19)15(12)24)17(26)23-11-5-2-4-10(8-11)18(20,21)22/h2-9H,1H3,(H,23,26). The number of benzene rings is 2. The number of aromatic nitrogens is 1. The Bertz CT molecular complexity index is 1070. The lowest BCUT2D eigenvalue weighted by Crippen LogP contribution is -2.23. The summed E-state index contributed by atoms with van der Waals surface area (Å²) in [6, 6.07) is 8.93. The van der Waals surface area contributed by atoms with Crippen molar-refractivity contribution in [1.82, 2.24) is 4.57 Å². The van der Waals surface area contributed by atoms with Crippen LogP contribution in [0.15, 0.2) is 53.5 Å². The summed E-state index contributed by atoms with van der Waals surface area (Å²) in [6.45, 7) is 0. The second-order valence-electron chi connectivity index (χ2n) is 5.65. The van der Waals surface area contributed by atoms with E-state index < -0.39 is 23.1 Å². The van der Waals surface area contributed by atoms with Crippen LogP contribution in [0.25, 0.3) is 10.9 Å². The van der Waals surface area contributed by atoms with Crippen molar-refractivity contribution < 1.29 is 18.0 Å². The van der Waals surface area contributed by atoms with E-state index in [0.717, 1.165) is 12.1 Å². The highest BCUT2D eigenvalue weighted by molar-refractivity contribution is 6.35. The minimum absolute atomic E-state index is 0.0573. The SMILES string of the molecule is Cn1cc(C(=O)Nc2cccc(C(F)(F)F)c2)c(=O)c2cccc(Cl)c21. The van der Waals surface area contributed by atoms with Gasteiger partial charge in [0.1, 0.15) is 5.56 Å². The third-order valence-corrected chi connectivity index (χ3v) is 4.15. The number of hydrogen-bond donors (Lipinski definition) is 1. The van der Waals surface area contributed by atoms with Gasteiger partial charge in [-0.25, -0.2) is 0 Å². The molecule has 8 heteroatoms. The number of anilines is 1. The summed E-state index contributed by atoms with van der Waals surface area (Å²) in [4.78, 5) is 25.0. The fraction of sp³-hybridized carbons (Fsp3) is 0.111. The number of aryl methyl sites for hydroxylation is 1. The molecule has 0 saturated carbocycles. The molecule has 3 aromatic rings. The van der Waals surface area contributed by atoms with E-state index in [0.29, 0.717) is 10.5 Å². The van der Waals surface area contributed by atoms with Crippen molar-refractivity contribution >= 4 is 34.1 Å². The number of halogens is 4. The molecule has 4 nitrogen and oxygen atoms in total. The number of carbonyl (C=O) groups is 1. The summed E-state index contributed by atoms with van der Waals surface area (Å²) < 4.78 is 39.9. The van der Waals surface area contributed by atoms with Crippen LogP contribution in [0.3, 0.4) is 0 Å². The van der Waals surface area contributed by atoms with Gasteiger partial charge in [0, 0.05) is 24.3 Å². The highest BCUT2D eigenvalue weighted by Crippen LogP contribution is 2.30. The van der Waals surface area contributed by atoms with Crippen LogP contribution in [-0.4, -0.2) is 10.5 Å². The van der Waals surface area contributed by atoms with Gasteiger partial charge < -0.3 is 9.88 Å². The first-order chi connectivity index (χ1) is 12.2. The number of hydrogen-bond acceptors (Lipinski definition) is 2. The number of nitrogens with zero attached hydrogens (tertiary/aromatic N) is 1. The molecule has 0 fully saturated rings. The van der Waals surface area contributed by atoms with Gasteiger partial charge in [0.05, 0.1) is 16.1 Å². The molecular weight excluding hydrogens is 369 g/mol. The van der Waals surface area contributed by atoms with E-state index in [-0.39, 0.29) is 16.6 Å². The third-order valence-electron chi connectivity index (χ3n) is 3.84. The fourth-order valence-electron chi connectivity index (χ4n) is 2.65. The molecule has 0 atom stereocenters. The topological polar surface area (TPSA) is 51.1 Å². The number of pyridine rings is 1. The first-order valence-electron chi connectivity index (χ1n) is 7.45. The second-order valence-corrected chi connectivity index (χ2v) is 6.06. The number of nitrogens with one attached hydrogen (secondary N) is 1. The van der Waals surface area contributed by atoms with Crippen LogP contribution >= 0.6 is 11.6 Å². The van der Waals surface area contributed by atoms with Crippen LogP contribution < -0.4 is 10.7 Å². The zero-order valence-electron chi connectivity index (χ0n) is 13.4. The Kier molecular flexibility index (Phi) is 4.50. The predicted octanol–water partition coefficient (Wildman–Crippen LogP) is 4.46. The Balaban J connectivity index is 2.02. The molecule has 0 radical (unpaired) electrons. The average Bonchev–Trinajstić information content (AvgIpc) is 2.57. The largest absolute Gasteiger partial charge is 0.416 e. The Morgan fingerprint density at radius 3 is 2.54 bits per heavy atom. The van der Waals surface area contributed by atoms with Gasteiger partial charge in [-0.3, -0.25) is 9.59 Å². The number of alkyl halides is 3. The third kappa shape index (κ3) is 3.30. The summed E-state index contributed by atoms with van der Waals surface area (Å²) >= 11 is 6.09. The molecule has 1 amide bonds. The molecule has 1 heterocycles. The zero-order chi connectivity index (χ0) is 19.1. The van der Waals surface area contributed by atoms with E-state index in [9.17, 15) is 22.8 Å². The normalized spacial score (nSPS) is 11.6. The quantitative estimate of drug-likeness (QED) is 0.713. The monoisotopic (exact) mass is 380 g/mol. The van der Waals surface area contributed by atoms with Crippen molar-refractivity contribution in [2.24, 2.45) is 7.05 Å². The molecule has 1 N–H and O–H groups in total. The van der Waals surface area contributed by atoms with Gasteiger partial charge in [-0.1, -0.05) is 23.7 Å². The van der Waals surface area contributed by atoms with Gasteiger partial charge in [0.2, 0.25) is 5.43 Å². The lowest BCUT2D eigenvalue weighted by molar-refractivity contribution is -0.137. The van der Waals surface area contributed by atoms with E-state index in [4.69, 9.17) is 11.6 Å². The fourth-order valence-corrected chi connectivity index (χ4v) is 2.96. The lowest BCUT2D eigenvalue weighted by atomic mass is 10.1. The molecule has 0 unspecified atom stereocenters. The van der Waals surface area contributed by atoms with Crippen LogP contribution in [0.2, 0.25) is 5.02 Å². The van der Waals surface area contributed by atoms with Crippen LogP contribution in [0.4, 0.5) is 18.9 Å². The maximum absolute atomic E-state index is 12.8. The van der Waals surface area contributed by atoms with E-state index in [1.165, 1.54) is 29.0 Å². The average molecular weight is 381 g/mol. The second kappa shape index (κ2) is 6.49. The van der Waals surface area contributed by atoms with Gasteiger partial charge in [-0.15, -0.1) is 0 Å². The van der Waals surface area contributed by atoms with Crippen molar-refractivity contribution in [2.45, 2.75) is 6.18 Å². The van der Waals surface area contributed by atoms with Gasteiger partial charge in [-0.2, -0.15) is 13.2 Å². The van der Waals surface area contributed by atoms with Crippen LogP contribution in [0.5, 0.6) is 0 Å². The van der Waals surface area contributed by atoms with Crippen LogP contribution in [0.1, 0.15) is 15.9 Å². The van der Waals surface area contributed by atoms with Crippen molar-refractivity contribution in [2.75, 3.05) is 5.32 Å². The van der Waals surface area contributed by atoms with E-state index in [2.05, 4.69) is 5.32 Å². The predicted molar refractivity (Wildman–Crippen MR) is 93.6 cm³/mol. The summed E-state index contributed by atoms with van der Waals surface area (Å²) in [7, 11) is 1.62. The highest BCUT2D eigenvalue weighted by atomic mass is 35.5. The minimum Gasteiger partial charge on any atom is -0.348 e. The number of para-hydroxylation sites is 1. The number of fused-ring (bicyclic) bond motifs is 1. The molecule has 1 aromatic heterocycles. The molecule has 26 heavy (non-hydrogen) atoms. The summed E-state index contributed by atoms with van der Waals surface area (Å²) in [5, 5.41) is 2.93. The Morgan fingerprint density at radius 1 is 1.15 bits per heavy atom. The van der Waals surface area contributed by atoms with Gasteiger partial charge in [-0.05, 0) is 30.3 Å². The van der Waals surface area contributed by atoms with Crippen molar-refractivity contribution in [1.29, 1.82) is 0 Å². The van der Waals surface area contributed by atoms with E-state index in [1.54, 1.807) is 19.2 Å². The number of carbonyl (C=O) groups excluding carboxylic acids is 1. The molecule has 2 aromatic carbocycles. The molecule has 0 aliphatic rings. The van der Waals surface area contributed by atoms with Gasteiger partial charge >= 0.3 is 6.18 Å². The zero-order valence-corrected chi connectivity index (χ0v) is 14.2. The van der Waals surface area contributed by atoms with Crippen LogP contribution in [0, 0.1) is 0 Å². The molecule has 0 aliphatic carbocycles. The molecule has 0 aliphatic heterocycles. The Morgan fingerprint density at radius 2 is 1.85 bits per heavy atom. The molecule has 134 valence electrons. The number of rotatable bonds is 2. The van der Waals surface area contributed by atoms with E-state index >= 15 is 0 Å². The first kappa shape index (κ1) is 18.0. The summed E-state index contributed by atoms with van der Waals surface area (Å²) in [5.74, 6) is -0.799. The summed E-state index contributed by atoms with van der Waals surface area (Å²) in [5.41, 5.74) is -1.23. The summed E-state index contributed by atoms with van der Waals surface area (Å²) in [6.07, 6.45) is -3.23. The molecule has 0 spiro atoms. The van der Waals surface area contributed by atoms with E-state index in [1.807, 2.05) is 0 Å². The van der Waals surface area contributed by atoms with Crippen LogP contribution in [-0.2, 0) is 13.2 Å². The molecule has 3 rings (SSSR count). The van der Waals surface area contributed by atoms with Crippen molar-refractivity contribution in [3.8, 4) is 0 Å². The molecular formula is C18H12ClF3N2O2. The maximum atomic E-state index is 12.8. The van der Waals surface area contributed by atoms with Crippen molar-refractivity contribution in [3.63, 3.8) is 0 Å². The van der Waals surface area contributed by atoms with Crippen molar-refractivity contribution in [3.05, 3.63) is 75.0 Å².